The normalized spacial score (nSPS) is 12.9. The monoisotopic (exact) mass is 314 g/mol. The molecule has 114 valence electrons. The highest BCUT2D eigenvalue weighted by Gasteiger charge is 2.16. The van der Waals surface area contributed by atoms with E-state index >= 15 is 0 Å². The second-order valence-electron chi connectivity index (χ2n) is 5.14. The molecular weight excluding hydrogens is 298 g/mol. The zero-order valence-corrected chi connectivity index (χ0v) is 12.6. The smallest absolute Gasteiger partial charge is 0.129 e. The minimum Gasteiger partial charge on any atom is -0.387 e. The molecule has 2 aromatic rings. The van der Waals surface area contributed by atoms with Crippen LogP contribution in [0, 0.1) is 11.6 Å². The number of aryl methyl sites for hydroxylation is 1. The van der Waals surface area contributed by atoms with Gasteiger partial charge in [-0.25, -0.2) is 8.78 Å². The Hall–Kier alpha value is -1.43. The summed E-state index contributed by atoms with van der Waals surface area (Å²) in [5.74, 6) is -1.18. The van der Waals surface area contributed by atoms with Gasteiger partial charge in [0, 0.05) is 37.6 Å². The molecule has 0 radical (unpaired) electrons. The summed E-state index contributed by atoms with van der Waals surface area (Å²) in [6, 6.07) is 4.90. The van der Waals surface area contributed by atoms with Gasteiger partial charge in [0.2, 0.25) is 0 Å². The van der Waals surface area contributed by atoms with Crippen LogP contribution < -0.4 is 0 Å². The summed E-state index contributed by atoms with van der Waals surface area (Å²) >= 11 is 5.91. The maximum atomic E-state index is 13.6. The fraction of sp³-hybridized carbons (Fsp3) is 0.333. The molecule has 1 unspecified atom stereocenters. The van der Waals surface area contributed by atoms with Crippen LogP contribution in [0.5, 0.6) is 0 Å². The summed E-state index contributed by atoms with van der Waals surface area (Å²) in [6.45, 7) is 0.723. The van der Waals surface area contributed by atoms with E-state index in [4.69, 9.17) is 11.6 Å². The number of likely N-dealkylation sites (N-methyl/N-ethyl adjacent to an activating group) is 1. The first-order valence-corrected chi connectivity index (χ1v) is 6.87. The number of rotatable bonds is 5. The molecule has 0 aliphatic carbocycles. The van der Waals surface area contributed by atoms with Crippen molar-refractivity contribution in [1.82, 2.24) is 9.47 Å². The predicted molar refractivity (Wildman–Crippen MR) is 78.1 cm³/mol. The van der Waals surface area contributed by atoms with Gasteiger partial charge in [0.1, 0.15) is 11.6 Å². The fourth-order valence-electron chi connectivity index (χ4n) is 2.23. The Labute approximate surface area is 127 Å². The highest BCUT2D eigenvalue weighted by Crippen LogP contribution is 2.20. The number of hydrogen-bond acceptors (Lipinski definition) is 2. The van der Waals surface area contributed by atoms with E-state index < -0.39 is 17.7 Å². The van der Waals surface area contributed by atoms with E-state index in [1.165, 1.54) is 0 Å². The van der Waals surface area contributed by atoms with E-state index in [-0.39, 0.29) is 12.1 Å². The molecule has 0 aliphatic rings. The van der Waals surface area contributed by atoms with Crippen LogP contribution in [0.4, 0.5) is 8.78 Å². The summed E-state index contributed by atoms with van der Waals surface area (Å²) in [5.41, 5.74) is 0.932. The molecule has 2 rings (SSSR count). The van der Waals surface area contributed by atoms with E-state index in [1.807, 2.05) is 22.6 Å². The SMILES string of the molecule is CN(Cc1cc(Cl)cn1C)CC(O)c1cc(F)ccc1F. The zero-order valence-electron chi connectivity index (χ0n) is 11.9. The lowest BCUT2D eigenvalue weighted by Gasteiger charge is -2.21. The van der Waals surface area contributed by atoms with Gasteiger partial charge in [-0.1, -0.05) is 11.6 Å². The lowest BCUT2D eigenvalue weighted by molar-refractivity contribution is 0.119. The molecule has 21 heavy (non-hydrogen) atoms. The molecule has 1 N–H and O–H groups in total. The lowest BCUT2D eigenvalue weighted by atomic mass is 10.1. The molecule has 1 aromatic heterocycles. The summed E-state index contributed by atoms with van der Waals surface area (Å²) in [5, 5.41) is 10.7. The first-order chi connectivity index (χ1) is 9.86. The van der Waals surface area contributed by atoms with Gasteiger partial charge in [-0.3, -0.25) is 4.90 Å². The van der Waals surface area contributed by atoms with Crippen molar-refractivity contribution in [2.45, 2.75) is 12.6 Å². The van der Waals surface area contributed by atoms with E-state index in [9.17, 15) is 13.9 Å². The minimum atomic E-state index is -1.10. The van der Waals surface area contributed by atoms with Gasteiger partial charge in [0.25, 0.3) is 0 Å². The molecule has 0 aliphatic heterocycles. The minimum absolute atomic E-state index is 0.0354. The standard InChI is InChI=1S/C15H17ClF2N2O/c1-19(8-12-5-10(16)7-20(12)2)9-15(21)13-6-11(17)3-4-14(13)18/h3-7,15,21H,8-9H2,1-2H3. The molecule has 0 spiro atoms. The summed E-state index contributed by atoms with van der Waals surface area (Å²) in [7, 11) is 3.67. The number of aliphatic hydroxyl groups is 1. The van der Waals surface area contributed by atoms with Crippen LogP contribution in [0.3, 0.4) is 0 Å². The summed E-state index contributed by atoms with van der Waals surface area (Å²) in [6.07, 6.45) is 0.689. The van der Waals surface area contributed by atoms with Crippen molar-refractivity contribution in [3.63, 3.8) is 0 Å². The Kier molecular flexibility index (Phi) is 4.98. The van der Waals surface area contributed by atoms with Crippen LogP contribution in [0.2, 0.25) is 5.02 Å². The van der Waals surface area contributed by atoms with Crippen LogP contribution in [-0.2, 0) is 13.6 Å². The van der Waals surface area contributed by atoms with Crippen LogP contribution in [0.25, 0.3) is 0 Å². The quantitative estimate of drug-likeness (QED) is 0.918. The lowest BCUT2D eigenvalue weighted by Crippen LogP contribution is -2.25. The molecule has 0 saturated carbocycles. The molecule has 0 fully saturated rings. The molecule has 1 atom stereocenters. The largest absolute Gasteiger partial charge is 0.387 e. The Balaban J connectivity index is 2.03. The van der Waals surface area contributed by atoms with Gasteiger partial charge in [0.05, 0.1) is 11.1 Å². The van der Waals surface area contributed by atoms with Crippen molar-refractivity contribution < 1.29 is 13.9 Å². The van der Waals surface area contributed by atoms with E-state index in [1.54, 1.807) is 13.2 Å². The van der Waals surface area contributed by atoms with E-state index in [0.717, 1.165) is 23.9 Å². The molecule has 0 amide bonds. The summed E-state index contributed by atoms with van der Waals surface area (Å²) in [4.78, 5) is 1.82. The zero-order chi connectivity index (χ0) is 15.6. The second-order valence-corrected chi connectivity index (χ2v) is 5.58. The second kappa shape index (κ2) is 6.56. The number of aromatic nitrogens is 1. The number of nitrogens with zero attached hydrogens (tertiary/aromatic N) is 2. The van der Waals surface area contributed by atoms with Crippen molar-refractivity contribution in [1.29, 1.82) is 0 Å². The molecule has 1 heterocycles. The Morgan fingerprint density at radius 3 is 2.67 bits per heavy atom. The van der Waals surface area contributed by atoms with Crippen molar-refractivity contribution in [3.05, 3.63) is 58.4 Å². The van der Waals surface area contributed by atoms with Crippen molar-refractivity contribution in [2.75, 3.05) is 13.6 Å². The third-order valence-corrected chi connectivity index (χ3v) is 3.51. The Morgan fingerprint density at radius 2 is 2.05 bits per heavy atom. The van der Waals surface area contributed by atoms with Crippen LogP contribution in [-0.4, -0.2) is 28.2 Å². The van der Waals surface area contributed by atoms with Gasteiger partial charge in [-0.15, -0.1) is 0 Å². The molecule has 6 heteroatoms. The van der Waals surface area contributed by atoms with Gasteiger partial charge >= 0.3 is 0 Å². The van der Waals surface area contributed by atoms with Gasteiger partial charge < -0.3 is 9.67 Å². The Bertz CT molecular complexity index is 630. The molecule has 0 saturated heterocycles. The highest BCUT2D eigenvalue weighted by molar-refractivity contribution is 6.30. The van der Waals surface area contributed by atoms with Gasteiger partial charge in [-0.2, -0.15) is 0 Å². The predicted octanol–water partition coefficient (Wildman–Crippen LogP) is 3.12. The molecule has 3 nitrogen and oxygen atoms in total. The summed E-state index contributed by atoms with van der Waals surface area (Å²) < 4.78 is 28.6. The van der Waals surface area contributed by atoms with Crippen molar-refractivity contribution in [2.24, 2.45) is 7.05 Å². The fourth-order valence-corrected chi connectivity index (χ4v) is 2.50. The first kappa shape index (κ1) is 15.9. The van der Waals surface area contributed by atoms with Crippen LogP contribution in [0.1, 0.15) is 17.4 Å². The average molecular weight is 315 g/mol. The average Bonchev–Trinajstić information content (AvgIpc) is 2.70. The molecule has 1 aromatic carbocycles. The van der Waals surface area contributed by atoms with Crippen LogP contribution in [0.15, 0.2) is 30.5 Å². The highest BCUT2D eigenvalue weighted by atomic mass is 35.5. The van der Waals surface area contributed by atoms with Gasteiger partial charge in [0.15, 0.2) is 0 Å². The topological polar surface area (TPSA) is 28.4 Å². The van der Waals surface area contributed by atoms with Gasteiger partial charge in [-0.05, 0) is 31.3 Å². The van der Waals surface area contributed by atoms with Crippen molar-refractivity contribution >= 4 is 11.6 Å². The number of hydrogen-bond donors (Lipinski definition) is 1. The number of aliphatic hydroxyl groups excluding tert-OH is 1. The first-order valence-electron chi connectivity index (χ1n) is 6.49. The third-order valence-electron chi connectivity index (χ3n) is 3.31. The van der Waals surface area contributed by atoms with Crippen LogP contribution >= 0.6 is 11.6 Å². The van der Waals surface area contributed by atoms with E-state index in [0.29, 0.717) is 11.6 Å². The maximum Gasteiger partial charge on any atom is 0.129 e. The molecule has 0 bridgehead atoms. The van der Waals surface area contributed by atoms with E-state index in [2.05, 4.69) is 0 Å². The third kappa shape index (κ3) is 4.03. The maximum absolute atomic E-state index is 13.6. The number of halogens is 3. The molecular formula is C15H17ClF2N2O. The Morgan fingerprint density at radius 1 is 1.33 bits per heavy atom. The number of benzene rings is 1. The van der Waals surface area contributed by atoms with Crippen molar-refractivity contribution in [3.8, 4) is 0 Å².